The quantitative estimate of drug-likeness (QED) is 0.584. The van der Waals surface area contributed by atoms with Crippen molar-refractivity contribution < 1.29 is 14.7 Å². The maximum absolute atomic E-state index is 12.1. The molecule has 136 valence electrons. The number of nitrogens with one attached hydrogen (secondary N) is 2. The van der Waals surface area contributed by atoms with Gasteiger partial charge in [0.15, 0.2) is 0 Å². The maximum atomic E-state index is 12.1. The number of benzene rings is 2. The van der Waals surface area contributed by atoms with Crippen molar-refractivity contribution in [1.29, 1.82) is 0 Å². The molecule has 2 aromatic rings. The highest BCUT2D eigenvalue weighted by Gasteiger charge is 2.16. The molecule has 2 amide bonds. The highest BCUT2D eigenvalue weighted by atomic mass is 16.3. The molecule has 1 heterocycles. The second kappa shape index (κ2) is 7.91. The van der Waals surface area contributed by atoms with Gasteiger partial charge in [0.05, 0.1) is 5.69 Å². The van der Waals surface area contributed by atoms with Crippen molar-refractivity contribution in [2.75, 3.05) is 28.6 Å². The number of hydrogen-bond acceptors (Lipinski definition) is 4. The van der Waals surface area contributed by atoms with E-state index in [9.17, 15) is 14.7 Å². The molecule has 0 unspecified atom stereocenters. The normalized spacial score (nSPS) is 14.0. The minimum atomic E-state index is -0.828. The van der Waals surface area contributed by atoms with Crippen molar-refractivity contribution in [2.24, 2.45) is 0 Å². The Morgan fingerprint density at radius 1 is 0.923 bits per heavy atom. The van der Waals surface area contributed by atoms with Gasteiger partial charge in [0.2, 0.25) is 0 Å². The van der Waals surface area contributed by atoms with Gasteiger partial charge in [-0.05, 0) is 68.1 Å². The Kier molecular flexibility index (Phi) is 5.41. The molecule has 0 radical (unpaired) electrons. The van der Waals surface area contributed by atoms with Gasteiger partial charge >= 0.3 is 11.8 Å². The number of aromatic hydroxyl groups is 1. The maximum Gasteiger partial charge on any atom is 0.314 e. The number of rotatable bonds is 3. The molecule has 3 N–H and O–H groups in total. The topological polar surface area (TPSA) is 81.7 Å². The van der Waals surface area contributed by atoms with Crippen molar-refractivity contribution in [2.45, 2.75) is 26.2 Å². The Balaban J connectivity index is 1.60. The zero-order valence-corrected chi connectivity index (χ0v) is 14.8. The molecule has 1 saturated heterocycles. The van der Waals surface area contributed by atoms with E-state index in [-0.39, 0.29) is 11.4 Å². The minimum Gasteiger partial charge on any atom is -0.506 e. The Morgan fingerprint density at radius 2 is 1.58 bits per heavy atom. The lowest BCUT2D eigenvalue weighted by molar-refractivity contribution is -0.133. The van der Waals surface area contributed by atoms with E-state index in [0.717, 1.165) is 24.3 Å². The molecule has 1 fully saturated rings. The first-order valence-electron chi connectivity index (χ1n) is 8.80. The summed E-state index contributed by atoms with van der Waals surface area (Å²) in [5, 5.41) is 14.8. The highest BCUT2D eigenvalue weighted by Crippen LogP contribution is 2.24. The summed E-state index contributed by atoms with van der Waals surface area (Å²) in [5.41, 5.74) is 2.76. The van der Waals surface area contributed by atoms with Gasteiger partial charge < -0.3 is 20.6 Å². The number of amides is 2. The van der Waals surface area contributed by atoms with Crippen LogP contribution in [0.5, 0.6) is 5.75 Å². The SMILES string of the molecule is Cc1ccc(O)c(NC(=O)C(=O)Nc2ccc(N3CCCCC3)cc2)c1. The van der Waals surface area contributed by atoms with Crippen LogP contribution in [0.15, 0.2) is 42.5 Å². The van der Waals surface area contributed by atoms with E-state index in [1.807, 2.05) is 19.1 Å². The second-order valence-electron chi connectivity index (χ2n) is 6.52. The Hall–Kier alpha value is -3.02. The highest BCUT2D eigenvalue weighted by molar-refractivity contribution is 6.43. The van der Waals surface area contributed by atoms with Crippen LogP contribution in [0.3, 0.4) is 0 Å². The average molecular weight is 353 g/mol. The summed E-state index contributed by atoms with van der Waals surface area (Å²) in [6.07, 6.45) is 3.67. The fraction of sp³-hybridized carbons (Fsp3) is 0.300. The summed E-state index contributed by atoms with van der Waals surface area (Å²) in [6, 6.07) is 12.3. The first-order chi connectivity index (χ1) is 12.5. The number of aryl methyl sites for hydroxylation is 1. The van der Waals surface area contributed by atoms with Crippen molar-refractivity contribution in [3.8, 4) is 5.75 Å². The third-order valence-electron chi connectivity index (χ3n) is 4.45. The molecular weight excluding hydrogens is 330 g/mol. The molecule has 1 aliphatic rings. The van der Waals surface area contributed by atoms with Crippen molar-refractivity contribution in [3.63, 3.8) is 0 Å². The minimum absolute atomic E-state index is 0.0809. The van der Waals surface area contributed by atoms with Crippen LogP contribution in [0.2, 0.25) is 0 Å². The van der Waals surface area contributed by atoms with Crippen LogP contribution in [0.4, 0.5) is 17.1 Å². The monoisotopic (exact) mass is 353 g/mol. The first-order valence-corrected chi connectivity index (χ1v) is 8.80. The number of carbonyl (C=O) groups excluding carboxylic acids is 2. The predicted octanol–water partition coefficient (Wildman–Crippen LogP) is 3.27. The number of piperidine rings is 1. The van der Waals surface area contributed by atoms with Gasteiger partial charge in [0.25, 0.3) is 0 Å². The molecule has 0 saturated carbocycles. The predicted molar refractivity (Wildman–Crippen MR) is 103 cm³/mol. The van der Waals surface area contributed by atoms with Gasteiger partial charge in [-0.3, -0.25) is 9.59 Å². The van der Waals surface area contributed by atoms with Gasteiger partial charge in [-0.25, -0.2) is 0 Å². The lowest BCUT2D eigenvalue weighted by Gasteiger charge is -2.28. The largest absolute Gasteiger partial charge is 0.506 e. The molecule has 2 aromatic carbocycles. The van der Waals surface area contributed by atoms with Gasteiger partial charge in [-0.1, -0.05) is 6.07 Å². The van der Waals surface area contributed by atoms with Crippen molar-refractivity contribution >= 4 is 28.9 Å². The number of carbonyl (C=O) groups is 2. The van der Waals surface area contributed by atoms with Gasteiger partial charge in [-0.2, -0.15) is 0 Å². The third-order valence-corrected chi connectivity index (χ3v) is 4.45. The van der Waals surface area contributed by atoms with Crippen molar-refractivity contribution in [1.82, 2.24) is 0 Å². The number of hydrogen-bond donors (Lipinski definition) is 3. The van der Waals surface area contributed by atoms with Crippen LogP contribution in [-0.2, 0) is 9.59 Å². The molecular formula is C20H23N3O3. The molecule has 26 heavy (non-hydrogen) atoms. The summed E-state index contributed by atoms with van der Waals surface area (Å²) in [5.74, 6) is -1.69. The van der Waals surface area contributed by atoms with Crippen LogP contribution in [0.1, 0.15) is 24.8 Å². The van der Waals surface area contributed by atoms with E-state index < -0.39 is 11.8 Å². The Morgan fingerprint density at radius 3 is 2.27 bits per heavy atom. The zero-order chi connectivity index (χ0) is 18.5. The van der Waals surface area contributed by atoms with E-state index in [4.69, 9.17) is 0 Å². The fourth-order valence-corrected chi connectivity index (χ4v) is 3.02. The van der Waals surface area contributed by atoms with Gasteiger partial charge in [0, 0.05) is 24.5 Å². The molecule has 6 nitrogen and oxygen atoms in total. The lowest BCUT2D eigenvalue weighted by atomic mass is 10.1. The number of phenolic OH excluding ortho intramolecular Hbond substituents is 1. The summed E-state index contributed by atoms with van der Waals surface area (Å²) in [7, 11) is 0. The molecule has 0 spiro atoms. The third kappa shape index (κ3) is 4.33. The van der Waals surface area contributed by atoms with Crippen molar-refractivity contribution in [3.05, 3.63) is 48.0 Å². The summed E-state index contributed by atoms with van der Waals surface area (Å²) in [6.45, 7) is 3.93. The zero-order valence-electron chi connectivity index (χ0n) is 14.8. The molecule has 0 bridgehead atoms. The van der Waals surface area contributed by atoms with E-state index in [1.165, 1.54) is 25.3 Å². The molecule has 0 atom stereocenters. The Bertz CT molecular complexity index is 796. The Labute approximate surface area is 152 Å². The van der Waals surface area contributed by atoms with Gasteiger partial charge in [-0.15, -0.1) is 0 Å². The molecule has 0 aliphatic carbocycles. The van der Waals surface area contributed by atoms with E-state index in [1.54, 1.807) is 24.3 Å². The van der Waals surface area contributed by atoms with Crippen LogP contribution in [0.25, 0.3) is 0 Å². The number of nitrogens with zero attached hydrogens (tertiary/aromatic N) is 1. The van der Waals surface area contributed by atoms with E-state index in [0.29, 0.717) is 5.69 Å². The molecule has 3 rings (SSSR count). The van der Waals surface area contributed by atoms with Crippen LogP contribution >= 0.6 is 0 Å². The van der Waals surface area contributed by atoms with Crippen LogP contribution in [-0.4, -0.2) is 30.0 Å². The summed E-state index contributed by atoms with van der Waals surface area (Å²) >= 11 is 0. The molecule has 1 aliphatic heterocycles. The smallest absolute Gasteiger partial charge is 0.314 e. The number of anilines is 3. The average Bonchev–Trinajstić information content (AvgIpc) is 2.66. The summed E-state index contributed by atoms with van der Waals surface area (Å²) < 4.78 is 0. The standard InChI is InChI=1S/C20H23N3O3/c1-14-5-10-18(24)17(13-14)22-20(26)19(25)21-15-6-8-16(9-7-15)23-11-3-2-4-12-23/h5-10,13,24H,2-4,11-12H2,1H3,(H,21,25)(H,22,26). The van der Waals surface area contributed by atoms with E-state index >= 15 is 0 Å². The van der Waals surface area contributed by atoms with Gasteiger partial charge in [0.1, 0.15) is 5.75 Å². The first kappa shape index (κ1) is 17.8. The lowest BCUT2D eigenvalue weighted by Crippen LogP contribution is -2.30. The fourth-order valence-electron chi connectivity index (χ4n) is 3.02. The van der Waals surface area contributed by atoms with Crippen LogP contribution in [0, 0.1) is 6.92 Å². The second-order valence-corrected chi connectivity index (χ2v) is 6.52. The molecule has 0 aromatic heterocycles. The van der Waals surface area contributed by atoms with Crippen LogP contribution < -0.4 is 15.5 Å². The number of phenols is 1. The summed E-state index contributed by atoms with van der Waals surface area (Å²) in [4.78, 5) is 26.5. The van der Waals surface area contributed by atoms with E-state index in [2.05, 4.69) is 15.5 Å². The molecule has 6 heteroatoms.